The van der Waals surface area contributed by atoms with Crippen LogP contribution in [0, 0.1) is 12.7 Å². The third-order valence-corrected chi connectivity index (χ3v) is 3.18. The topological polar surface area (TPSA) is 29.1 Å². The first-order valence-corrected chi connectivity index (χ1v) is 6.19. The number of amides is 1. The molecule has 0 unspecified atom stereocenters. The van der Waals surface area contributed by atoms with Gasteiger partial charge in [0.05, 0.1) is 11.3 Å². The molecule has 0 fully saturated rings. The van der Waals surface area contributed by atoms with Crippen LogP contribution in [-0.4, -0.2) is 5.91 Å². The number of nitrogens with one attached hydrogen (secondary N) is 1. The first-order chi connectivity index (χ1) is 8.58. The number of rotatable bonds is 2. The third-order valence-electron chi connectivity index (χ3n) is 2.49. The zero-order valence-electron chi connectivity index (χ0n) is 9.71. The fraction of sp³-hybridized carbons (Fsp3) is 0.0714. The van der Waals surface area contributed by atoms with E-state index in [9.17, 15) is 9.18 Å². The van der Waals surface area contributed by atoms with Crippen molar-refractivity contribution in [3.63, 3.8) is 0 Å². The maximum Gasteiger partial charge on any atom is 0.256 e. The fourth-order valence-electron chi connectivity index (χ4n) is 1.57. The van der Waals surface area contributed by atoms with Gasteiger partial charge in [-0.25, -0.2) is 4.39 Å². The predicted octanol–water partition coefficient (Wildman–Crippen LogP) is 4.15. The summed E-state index contributed by atoms with van der Waals surface area (Å²) in [5.41, 5.74) is 1.55. The molecule has 1 amide bonds. The summed E-state index contributed by atoms with van der Waals surface area (Å²) in [4.78, 5) is 12.0. The number of anilines is 1. The van der Waals surface area contributed by atoms with E-state index >= 15 is 0 Å². The van der Waals surface area contributed by atoms with Gasteiger partial charge < -0.3 is 5.32 Å². The lowest BCUT2D eigenvalue weighted by atomic mass is 10.2. The average Bonchev–Trinajstić information content (AvgIpc) is 2.34. The van der Waals surface area contributed by atoms with Crippen LogP contribution in [0.25, 0.3) is 0 Å². The Labute approximate surface area is 113 Å². The molecule has 2 nitrogen and oxygen atoms in total. The van der Waals surface area contributed by atoms with Crippen LogP contribution in [0.4, 0.5) is 10.1 Å². The molecule has 2 rings (SSSR count). The number of halogens is 2. The number of carbonyl (C=O) groups excluding carboxylic acids is 1. The van der Waals surface area contributed by atoms with Crippen LogP contribution in [0.5, 0.6) is 0 Å². The second-order valence-electron chi connectivity index (χ2n) is 3.92. The number of carbonyl (C=O) groups is 1. The van der Waals surface area contributed by atoms with E-state index in [4.69, 9.17) is 0 Å². The van der Waals surface area contributed by atoms with Crippen molar-refractivity contribution < 1.29 is 9.18 Å². The molecule has 0 spiro atoms. The summed E-state index contributed by atoms with van der Waals surface area (Å²) in [7, 11) is 0. The van der Waals surface area contributed by atoms with E-state index in [-0.39, 0.29) is 11.6 Å². The molecule has 0 bridgehead atoms. The highest BCUT2D eigenvalue weighted by Gasteiger charge is 2.11. The van der Waals surface area contributed by atoms with Crippen LogP contribution in [0.15, 0.2) is 46.9 Å². The van der Waals surface area contributed by atoms with E-state index < -0.39 is 5.82 Å². The van der Waals surface area contributed by atoms with Gasteiger partial charge in [0.1, 0.15) is 5.82 Å². The normalized spacial score (nSPS) is 10.2. The lowest BCUT2D eigenvalue weighted by Gasteiger charge is -2.08. The van der Waals surface area contributed by atoms with Gasteiger partial charge in [-0.05, 0) is 52.7 Å². The zero-order chi connectivity index (χ0) is 13.1. The van der Waals surface area contributed by atoms with Gasteiger partial charge in [-0.3, -0.25) is 4.79 Å². The molecular weight excluding hydrogens is 297 g/mol. The molecule has 0 aliphatic rings. The number of aryl methyl sites for hydroxylation is 1. The molecule has 0 aliphatic carbocycles. The molecule has 1 N–H and O–H groups in total. The Morgan fingerprint density at radius 1 is 1.22 bits per heavy atom. The first kappa shape index (κ1) is 12.8. The maximum absolute atomic E-state index is 13.5. The van der Waals surface area contributed by atoms with Crippen LogP contribution in [0.3, 0.4) is 0 Å². The van der Waals surface area contributed by atoms with Gasteiger partial charge in [0.25, 0.3) is 5.91 Å². The highest BCUT2D eigenvalue weighted by molar-refractivity contribution is 9.10. The second kappa shape index (κ2) is 5.31. The summed E-state index contributed by atoms with van der Waals surface area (Å²) >= 11 is 3.29. The van der Waals surface area contributed by atoms with Crippen LogP contribution in [0.1, 0.15) is 15.9 Å². The number of benzene rings is 2. The van der Waals surface area contributed by atoms with E-state index in [2.05, 4.69) is 21.2 Å². The van der Waals surface area contributed by atoms with Crippen molar-refractivity contribution in [3.05, 3.63) is 63.9 Å². The summed E-state index contributed by atoms with van der Waals surface area (Å²) in [6.45, 7) is 1.84. The summed E-state index contributed by atoms with van der Waals surface area (Å²) in [6, 6.07) is 11.6. The molecule has 18 heavy (non-hydrogen) atoms. The zero-order valence-corrected chi connectivity index (χ0v) is 11.3. The van der Waals surface area contributed by atoms with Crippen molar-refractivity contribution in [2.75, 3.05) is 5.32 Å². The van der Waals surface area contributed by atoms with Gasteiger partial charge in [-0.2, -0.15) is 0 Å². The molecule has 0 saturated heterocycles. The highest BCUT2D eigenvalue weighted by atomic mass is 79.9. The molecule has 4 heteroatoms. The fourth-order valence-corrected chi connectivity index (χ4v) is 2.03. The molecule has 2 aromatic carbocycles. The lowest BCUT2D eigenvalue weighted by molar-refractivity contribution is 0.102. The Bertz CT molecular complexity index is 598. The molecule has 0 aliphatic heterocycles. The van der Waals surface area contributed by atoms with Gasteiger partial charge in [-0.1, -0.05) is 18.2 Å². The van der Waals surface area contributed by atoms with Crippen molar-refractivity contribution in [1.82, 2.24) is 0 Å². The molecule has 2 aromatic rings. The van der Waals surface area contributed by atoms with E-state index in [1.165, 1.54) is 6.07 Å². The summed E-state index contributed by atoms with van der Waals surface area (Å²) in [5, 5.41) is 2.56. The molecule has 0 saturated carbocycles. The molecule has 0 atom stereocenters. The predicted molar refractivity (Wildman–Crippen MR) is 73.2 cm³/mol. The quantitative estimate of drug-likeness (QED) is 0.887. The Morgan fingerprint density at radius 3 is 2.67 bits per heavy atom. The van der Waals surface area contributed by atoms with Crippen LogP contribution < -0.4 is 5.32 Å². The molecule has 0 heterocycles. The van der Waals surface area contributed by atoms with E-state index in [0.717, 1.165) is 5.56 Å². The van der Waals surface area contributed by atoms with E-state index in [1.54, 1.807) is 30.3 Å². The summed E-state index contributed by atoms with van der Waals surface area (Å²) < 4.78 is 14.2. The Hall–Kier alpha value is -1.68. The summed E-state index contributed by atoms with van der Waals surface area (Å²) in [5.74, 6) is -0.784. The van der Waals surface area contributed by atoms with Crippen LogP contribution in [0.2, 0.25) is 0 Å². The minimum Gasteiger partial charge on any atom is -0.319 e. The van der Waals surface area contributed by atoms with Gasteiger partial charge >= 0.3 is 0 Å². The Balaban J connectivity index is 2.27. The molecule has 92 valence electrons. The smallest absolute Gasteiger partial charge is 0.256 e. The standard InChI is InChI=1S/C14H11BrFNO/c1-9-6-7-12(16)13(8-9)17-14(18)10-4-2-3-5-11(10)15/h2-8H,1H3,(H,17,18). The van der Waals surface area contributed by atoms with Crippen molar-refractivity contribution in [1.29, 1.82) is 0 Å². The largest absolute Gasteiger partial charge is 0.319 e. The minimum atomic E-state index is -0.444. The first-order valence-electron chi connectivity index (χ1n) is 5.40. The average molecular weight is 308 g/mol. The molecule has 0 aromatic heterocycles. The maximum atomic E-state index is 13.5. The van der Waals surface area contributed by atoms with E-state index in [1.807, 2.05) is 13.0 Å². The number of hydrogen-bond donors (Lipinski definition) is 1. The van der Waals surface area contributed by atoms with Crippen molar-refractivity contribution in [2.45, 2.75) is 6.92 Å². The van der Waals surface area contributed by atoms with Gasteiger partial charge in [0.15, 0.2) is 0 Å². The molecular formula is C14H11BrFNO. The van der Waals surface area contributed by atoms with Gasteiger partial charge in [-0.15, -0.1) is 0 Å². The lowest BCUT2D eigenvalue weighted by Crippen LogP contribution is -2.13. The highest BCUT2D eigenvalue weighted by Crippen LogP contribution is 2.20. The Morgan fingerprint density at radius 2 is 1.94 bits per heavy atom. The minimum absolute atomic E-state index is 0.191. The van der Waals surface area contributed by atoms with E-state index in [0.29, 0.717) is 10.0 Å². The number of hydrogen-bond acceptors (Lipinski definition) is 1. The van der Waals surface area contributed by atoms with Crippen LogP contribution in [-0.2, 0) is 0 Å². The van der Waals surface area contributed by atoms with Gasteiger partial charge in [0.2, 0.25) is 0 Å². The SMILES string of the molecule is Cc1ccc(F)c(NC(=O)c2ccccc2Br)c1. The summed E-state index contributed by atoms with van der Waals surface area (Å²) in [6.07, 6.45) is 0. The third kappa shape index (κ3) is 2.76. The van der Waals surface area contributed by atoms with Gasteiger partial charge in [0, 0.05) is 4.47 Å². The van der Waals surface area contributed by atoms with Crippen LogP contribution >= 0.6 is 15.9 Å². The molecule has 0 radical (unpaired) electrons. The Kier molecular flexibility index (Phi) is 3.77. The van der Waals surface area contributed by atoms with Crippen molar-refractivity contribution in [3.8, 4) is 0 Å². The van der Waals surface area contributed by atoms with Crippen molar-refractivity contribution >= 4 is 27.5 Å². The monoisotopic (exact) mass is 307 g/mol. The second-order valence-corrected chi connectivity index (χ2v) is 4.77. The van der Waals surface area contributed by atoms with Crippen molar-refractivity contribution in [2.24, 2.45) is 0 Å².